The van der Waals surface area contributed by atoms with E-state index in [4.69, 9.17) is 4.74 Å². The molecule has 22 heavy (non-hydrogen) atoms. The van der Waals surface area contributed by atoms with E-state index in [1.165, 1.54) is 22.4 Å². The summed E-state index contributed by atoms with van der Waals surface area (Å²) < 4.78 is 5.63. The quantitative estimate of drug-likeness (QED) is 0.797. The van der Waals surface area contributed by atoms with Gasteiger partial charge in [0.25, 0.3) is 0 Å². The van der Waals surface area contributed by atoms with Crippen molar-refractivity contribution in [2.45, 2.75) is 59.4 Å². The van der Waals surface area contributed by atoms with Gasteiger partial charge in [-0.1, -0.05) is 43.7 Å². The summed E-state index contributed by atoms with van der Waals surface area (Å²) in [7, 11) is 0. The lowest BCUT2D eigenvalue weighted by molar-refractivity contribution is 0.175. The molecule has 2 aliphatic rings. The lowest BCUT2D eigenvalue weighted by atomic mass is 9.86. The van der Waals surface area contributed by atoms with E-state index in [0.717, 1.165) is 32.5 Å². The molecule has 1 saturated heterocycles. The van der Waals surface area contributed by atoms with Gasteiger partial charge >= 0.3 is 0 Å². The van der Waals surface area contributed by atoms with Crippen molar-refractivity contribution in [1.29, 1.82) is 0 Å². The van der Waals surface area contributed by atoms with Crippen LogP contribution in [0.1, 0.15) is 53.9 Å². The zero-order valence-corrected chi connectivity index (χ0v) is 14.8. The molecule has 0 radical (unpaired) electrons. The lowest BCUT2D eigenvalue weighted by Gasteiger charge is -2.32. The highest BCUT2D eigenvalue weighted by Gasteiger charge is 2.32. The van der Waals surface area contributed by atoms with Crippen molar-refractivity contribution < 1.29 is 4.74 Å². The molecule has 1 heterocycles. The van der Waals surface area contributed by atoms with Crippen LogP contribution in [0.5, 0.6) is 0 Å². The molecular weight excluding hydrogens is 270 g/mol. The molecule has 2 nitrogen and oxygen atoms in total. The average molecular weight is 301 g/mol. The van der Waals surface area contributed by atoms with E-state index in [2.05, 4.69) is 64.2 Å². The maximum atomic E-state index is 5.63. The molecule has 1 aliphatic carbocycles. The Labute approximate surface area is 136 Å². The summed E-state index contributed by atoms with van der Waals surface area (Å²) in [6.45, 7) is 13.0. The van der Waals surface area contributed by atoms with Crippen molar-refractivity contribution in [3.63, 3.8) is 0 Å². The van der Waals surface area contributed by atoms with Crippen LogP contribution < -0.4 is 5.32 Å². The molecule has 0 spiro atoms. The fraction of sp³-hybridized carbons (Fsp3) is 0.600. The number of hydrogen-bond donors (Lipinski definition) is 1. The van der Waals surface area contributed by atoms with E-state index < -0.39 is 0 Å². The molecule has 2 heteroatoms. The maximum absolute atomic E-state index is 5.63. The van der Waals surface area contributed by atoms with Crippen LogP contribution in [0.2, 0.25) is 0 Å². The van der Waals surface area contributed by atoms with E-state index in [9.17, 15) is 0 Å². The first kappa shape index (κ1) is 17.1. The van der Waals surface area contributed by atoms with Crippen LogP contribution in [0.4, 0.5) is 0 Å². The van der Waals surface area contributed by atoms with Crippen molar-refractivity contribution in [2.24, 2.45) is 5.92 Å². The number of nitrogens with one attached hydrogen (secondary N) is 1. The Morgan fingerprint density at radius 1 is 1.41 bits per heavy atom. The van der Waals surface area contributed by atoms with Crippen LogP contribution in [0.3, 0.4) is 0 Å². The summed E-state index contributed by atoms with van der Waals surface area (Å²) in [6.07, 6.45) is 12.1. The molecule has 1 aliphatic heterocycles. The van der Waals surface area contributed by atoms with Gasteiger partial charge in [0.2, 0.25) is 0 Å². The Kier molecular flexibility index (Phi) is 5.69. The fourth-order valence-electron chi connectivity index (χ4n) is 3.25. The highest BCUT2D eigenvalue weighted by atomic mass is 16.5. The van der Waals surface area contributed by atoms with E-state index in [0.29, 0.717) is 5.92 Å². The van der Waals surface area contributed by atoms with Gasteiger partial charge in [-0.2, -0.15) is 0 Å². The van der Waals surface area contributed by atoms with Crippen LogP contribution in [0.25, 0.3) is 0 Å². The van der Waals surface area contributed by atoms with E-state index in [1.807, 2.05) is 0 Å². The second kappa shape index (κ2) is 7.32. The van der Waals surface area contributed by atoms with Gasteiger partial charge in [0.15, 0.2) is 0 Å². The first-order valence-corrected chi connectivity index (χ1v) is 8.57. The van der Waals surface area contributed by atoms with Crippen molar-refractivity contribution >= 4 is 0 Å². The SMILES string of the molecule is CC\C(C)=C(NC1(C)CCOC1)/C1=C(C)/C=C\C=C\CC1C. The third kappa shape index (κ3) is 3.92. The van der Waals surface area contributed by atoms with Gasteiger partial charge in [-0.25, -0.2) is 0 Å². The predicted octanol–water partition coefficient (Wildman–Crippen LogP) is 4.91. The standard InChI is InChI=1S/C20H31NO/c1-6-15(2)19(21-20(5)12-13-22-14-20)18-16(3)10-8-7-9-11-17(18)4/h7-10,17,21H,6,11-14H2,1-5H3/b9-7+,10-8-,18-16+,19-15+. The Hall–Kier alpha value is -1.28. The molecule has 2 unspecified atom stereocenters. The molecule has 0 saturated carbocycles. The number of rotatable bonds is 4. The smallest absolute Gasteiger partial charge is 0.0694 e. The van der Waals surface area contributed by atoms with Crippen LogP contribution in [0, 0.1) is 5.92 Å². The lowest BCUT2D eigenvalue weighted by Crippen LogP contribution is -2.43. The molecule has 0 aromatic rings. The zero-order chi connectivity index (χ0) is 16.2. The molecule has 0 aromatic heterocycles. The van der Waals surface area contributed by atoms with Gasteiger partial charge in [0.05, 0.1) is 12.1 Å². The van der Waals surface area contributed by atoms with Crippen molar-refractivity contribution in [2.75, 3.05) is 13.2 Å². The Morgan fingerprint density at radius 2 is 2.18 bits per heavy atom. The molecular formula is C20H31NO. The van der Waals surface area contributed by atoms with E-state index in [-0.39, 0.29) is 5.54 Å². The summed E-state index contributed by atoms with van der Waals surface area (Å²) in [4.78, 5) is 0. The summed E-state index contributed by atoms with van der Waals surface area (Å²) in [5, 5.41) is 3.86. The number of ether oxygens (including phenoxy) is 1. The molecule has 0 bridgehead atoms. The molecule has 2 rings (SSSR count). The summed E-state index contributed by atoms with van der Waals surface area (Å²) in [5.74, 6) is 0.524. The van der Waals surface area contributed by atoms with Crippen molar-refractivity contribution in [3.05, 3.63) is 46.7 Å². The van der Waals surface area contributed by atoms with Gasteiger partial charge in [0.1, 0.15) is 0 Å². The maximum Gasteiger partial charge on any atom is 0.0694 e. The third-order valence-electron chi connectivity index (χ3n) is 4.87. The minimum atomic E-state index is 0.0562. The van der Waals surface area contributed by atoms with Gasteiger partial charge in [0, 0.05) is 12.3 Å². The van der Waals surface area contributed by atoms with Crippen LogP contribution >= 0.6 is 0 Å². The summed E-state index contributed by atoms with van der Waals surface area (Å²) >= 11 is 0. The first-order chi connectivity index (χ1) is 10.5. The Morgan fingerprint density at radius 3 is 2.82 bits per heavy atom. The summed E-state index contributed by atoms with van der Waals surface area (Å²) in [6, 6.07) is 0. The van der Waals surface area contributed by atoms with E-state index in [1.54, 1.807) is 0 Å². The molecule has 2 atom stereocenters. The highest BCUT2D eigenvalue weighted by molar-refractivity contribution is 5.44. The van der Waals surface area contributed by atoms with Crippen molar-refractivity contribution in [1.82, 2.24) is 5.32 Å². The average Bonchev–Trinajstić information content (AvgIpc) is 2.90. The molecule has 1 fully saturated rings. The number of hydrogen-bond acceptors (Lipinski definition) is 2. The van der Waals surface area contributed by atoms with Gasteiger partial charge < -0.3 is 10.1 Å². The van der Waals surface area contributed by atoms with E-state index >= 15 is 0 Å². The second-order valence-corrected chi connectivity index (χ2v) is 7.02. The van der Waals surface area contributed by atoms with Gasteiger partial charge in [-0.15, -0.1) is 0 Å². The monoisotopic (exact) mass is 301 g/mol. The third-order valence-corrected chi connectivity index (χ3v) is 4.87. The van der Waals surface area contributed by atoms with Crippen LogP contribution in [-0.2, 0) is 4.74 Å². The molecule has 122 valence electrons. The van der Waals surface area contributed by atoms with Gasteiger partial charge in [-0.3, -0.25) is 0 Å². The van der Waals surface area contributed by atoms with Gasteiger partial charge in [-0.05, 0) is 57.1 Å². The van der Waals surface area contributed by atoms with Crippen LogP contribution in [-0.4, -0.2) is 18.8 Å². The largest absolute Gasteiger partial charge is 0.379 e. The minimum absolute atomic E-state index is 0.0562. The highest BCUT2D eigenvalue weighted by Crippen LogP contribution is 2.32. The molecule has 0 aromatic carbocycles. The first-order valence-electron chi connectivity index (χ1n) is 8.57. The molecule has 1 N–H and O–H groups in total. The fourth-order valence-corrected chi connectivity index (χ4v) is 3.25. The Bertz CT molecular complexity index is 516. The number of allylic oxidation sites excluding steroid dienone is 7. The minimum Gasteiger partial charge on any atom is -0.379 e. The topological polar surface area (TPSA) is 21.3 Å². The van der Waals surface area contributed by atoms with Crippen LogP contribution in [0.15, 0.2) is 46.7 Å². The second-order valence-electron chi connectivity index (χ2n) is 7.02. The zero-order valence-electron chi connectivity index (χ0n) is 14.8. The van der Waals surface area contributed by atoms with Crippen molar-refractivity contribution in [3.8, 4) is 0 Å². The molecule has 0 amide bonds. The predicted molar refractivity (Wildman–Crippen MR) is 94.7 cm³/mol. The normalized spacial score (nSPS) is 36.3. The summed E-state index contributed by atoms with van der Waals surface area (Å²) in [5.41, 5.74) is 5.68. The Balaban J connectivity index is 2.42.